The normalized spacial score (nSPS) is 12.3. The summed E-state index contributed by atoms with van der Waals surface area (Å²) in [6.07, 6.45) is 3.38. The lowest BCUT2D eigenvalue weighted by atomic mass is 9.99. The standard InChI is InChI=1S/C18H25NOS/c1-4-12-19-18(17-11-13-21-14(17)2)10-7-15-5-8-16(20-3)9-6-15/h5-6,8-9,11,13,18-19H,4,7,10,12H2,1-3H3. The van der Waals surface area contributed by atoms with E-state index in [2.05, 4.69) is 42.7 Å². The van der Waals surface area contributed by atoms with E-state index in [4.69, 9.17) is 4.74 Å². The second kappa shape index (κ2) is 8.20. The number of rotatable bonds is 8. The van der Waals surface area contributed by atoms with Gasteiger partial charge < -0.3 is 10.1 Å². The van der Waals surface area contributed by atoms with E-state index in [0.717, 1.165) is 25.1 Å². The third kappa shape index (κ3) is 4.58. The highest BCUT2D eigenvalue weighted by molar-refractivity contribution is 7.10. The van der Waals surface area contributed by atoms with Crippen molar-refractivity contribution in [2.24, 2.45) is 0 Å². The molecule has 0 amide bonds. The first-order chi connectivity index (χ1) is 10.2. The molecule has 3 heteroatoms. The van der Waals surface area contributed by atoms with Crippen LogP contribution in [0.5, 0.6) is 5.75 Å². The third-order valence-corrected chi connectivity index (χ3v) is 4.66. The van der Waals surface area contributed by atoms with Crippen molar-refractivity contribution in [1.29, 1.82) is 0 Å². The average Bonchev–Trinajstić information content (AvgIpc) is 2.94. The smallest absolute Gasteiger partial charge is 0.118 e. The molecule has 2 rings (SSSR count). The number of ether oxygens (including phenoxy) is 1. The van der Waals surface area contributed by atoms with Gasteiger partial charge in [-0.3, -0.25) is 0 Å². The first-order valence-corrected chi connectivity index (χ1v) is 8.53. The van der Waals surface area contributed by atoms with E-state index in [1.807, 2.05) is 23.5 Å². The summed E-state index contributed by atoms with van der Waals surface area (Å²) in [4.78, 5) is 1.43. The van der Waals surface area contributed by atoms with Crippen molar-refractivity contribution in [3.05, 3.63) is 51.7 Å². The van der Waals surface area contributed by atoms with Gasteiger partial charge in [0.25, 0.3) is 0 Å². The minimum Gasteiger partial charge on any atom is -0.497 e. The van der Waals surface area contributed by atoms with E-state index in [9.17, 15) is 0 Å². The molecule has 0 bridgehead atoms. The molecule has 1 N–H and O–H groups in total. The molecule has 0 spiro atoms. The fourth-order valence-electron chi connectivity index (χ4n) is 2.55. The Balaban J connectivity index is 1.99. The second-order valence-corrected chi connectivity index (χ2v) is 6.45. The SMILES string of the molecule is CCCNC(CCc1ccc(OC)cc1)c1ccsc1C. The first kappa shape index (κ1) is 16.1. The van der Waals surface area contributed by atoms with E-state index in [0.29, 0.717) is 6.04 Å². The quantitative estimate of drug-likeness (QED) is 0.760. The highest BCUT2D eigenvalue weighted by Crippen LogP contribution is 2.26. The van der Waals surface area contributed by atoms with Crippen LogP contribution in [-0.2, 0) is 6.42 Å². The Labute approximate surface area is 132 Å². The number of methoxy groups -OCH3 is 1. The van der Waals surface area contributed by atoms with Crippen LogP contribution in [-0.4, -0.2) is 13.7 Å². The molecule has 0 aliphatic heterocycles. The summed E-state index contributed by atoms with van der Waals surface area (Å²) in [5.41, 5.74) is 2.83. The number of benzene rings is 1. The van der Waals surface area contributed by atoms with Gasteiger partial charge in [-0.25, -0.2) is 0 Å². The maximum absolute atomic E-state index is 5.21. The molecule has 0 radical (unpaired) electrons. The molecule has 1 aromatic heterocycles. The lowest BCUT2D eigenvalue weighted by Crippen LogP contribution is -2.22. The van der Waals surface area contributed by atoms with Gasteiger partial charge in [-0.1, -0.05) is 19.1 Å². The van der Waals surface area contributed by atoms with E-state index in [1.54, 1.807) is 7.11 Å². The van der Waals surface area contributed by atoms with Crippen LogP contribution in [0.15, 0.2) is 35.7 Å². The van der Waals surface area contributed by atoms with Crippen molar-refractivity contribution in [3.63, 3.8) is 0 Å². The summed E-state index contributed by atoms with van der Waals surface area (Å²) in [7, 11) is 1.71. The highest BCUT2D eigenvalue weighted by atomic mass is 32.1. The monoisotopic (exact) mass is 303 g/mol. The lowest BCUT2D eigenvalue weighted by Gasteiger charge is -2.19. The molecule has 0 saturated heterocycles. The van der Waals surface area contributed by atoms with Crippen molar-refractivity contribution >= 4 is 11.3 Å². The molecular formula is C18H25NOS. The zero-order chi connectivity index (χ0) is 15.1. The Hall–Kier alpha value is -1.32. The molecule has 0 saturated carbocycles. The van der Waals surface area contributed by atoms with Gasteiger partial charge in [0.1, 0.15) is 5.75 Å². The van der Waals surface area contributed by atoms with Crippen molar-refractivity contribution in [3.8, 4) is 5.75 Å². The number of hydrogen-bond acceptors (Lipinski definition) is 3. The zero-order valence-corrected chi connectivity index (χ0v) is 14.0. The van der Waals surface area contributed by atoms with Crippen LogP contribution in [0.1, 0.15) is 41.8 Å². The fourth-order valence-corrected chi connectivity index (χ4v) is 3.31. The van der Waals surface area contributed by atoms with Crippen molar-refractivity contribution < 1.29 is 4.74 Å². The van der Waals surface area contributed by atoms with Crippen molar-refractivity contribution in [2.75, 3.05) is 13.7 Å². The summed E-state index contributed by atoms with van der Waals surface area (Å²) in [6.45, 7) is 5.50. The van der Waals surface area contributed by atoms with Gasteiger partial charge in [0.2, 0.25) is 0 Å². The van der Waals surface area contributed by atoms with E-state index >= 15 is 0 Å². The molecule has 0 fully saturated rings. The van der Waals surface area contributed by atoms with Crippen LogP contribution in [0.25, 0.3) is 0 Å². The van der Waals surface area contributed by atoms with Gasteiger partial charge in [-0.15, -0.1) is 11.3 Å². The summed E-state index contributed by atoms with van der Waals surface area (Å²) in [5.74, 6) is 0.924. The third-order valence-electron chi connectivity index (χ3n) is 3.80. The fraction of sp³-hybridized carbons (Fsp3) is 0.444. The molecule has 1 heterocycles. The molecule has 2 nitrogen and oxygen atoms in total. The maximum Gasteiger partial charge on any atom is 0.118 e. The molecule has 114 valence electrons. The van der Waals surface area contributed by atoms with Crippen LogP contribution in [0, 0.1) is 6.92 Å². The van der Waals surface area contributed by atoms with E-state index < -0.39 is 0 Å². The summed E-state index contributed by atoms with van der Waals surface area (Å²) < 4.78 is 5.21. The minimum atomic E-state index is 0.457. The Bertz CT molecular complexity index is 532. The molecular weight excluding hydrogens is 278 g/mol. The van der Waals surface area contributed by atoms with Gasteiger partial charge in [0.05, 0.1) is 7.11 Å². The summed E-state index contributed by atoms with van der Waals surface area (Å²) in [6, 6.07) is 11.1. The predicted molar refractivity (Wildman–Crippen MR) is 91.4 cm³/mol. The first-order valence-electron chi connectivity index (χ1n) is 7.65. The van der Waals surface area contributed by atoms with E-state index in [-0.39, 0.29) is 0 Å². The maximum atomic E-state index is 5.21. The van der Waals surface area contributed by atoms with Crippen molar-refractivity contribution in [1.82, 2.24) is 5.32 Å². The molecule has 21 heavy (non-hydrogen) atoms. The Morgan fingerprint density at radius 1 is 1.19 bits per heavy atom. The number of aryl methyl sites for hydroxylation is 2. The number of hydrogen-bond donors (Lipinski definition) is 1. The Morgan fingerprint density at radius 2 is 1.95 bits per heavy atom. The van der Waals surface area contributed by atoms with Gasteiger partial charge in [-0.2, -0.15) is 0 Å². The number of thiophene rings is 1. The van der Waals surface area contributed by atoms with Crippen LogP contribution >= 0.6 is 11.3 Å². The molecule has 1 atom stereocenters. The summed E-state index contributed by atoms with van der Waals surface area (Å²) >= 11 is 1.84. The van der Waals surface area contributed by atoms with Gasteiger partial charge in [-0.05, 0) is 67.4 Å². The molecule has 1 aromatic carbocycles. The van der Waals surface area contributed by atoms with Gasteiger partial charge in [0.15, 0.2) is 0 Å². The van der Waals surface area contributed by atoms with E-state index in [1.165, 1.54) is 22.4 Å². The Morgan fingerprint density at radius 3 is 2.52 bits per heavy atom. The van der Waals surface area contributed by atoms with Crippen molar-refractivity contribution in [2.45, 2.75) is 39.2 Å². The zero-order valence-electron chi connectivity index (χ0n) is 13.2. The highest BCUT2D eigenvalue weighted by Gasteiger charge is 2.14. The van der Waals surface area contributed by atoms with Crippen LogP contribution in [0.4, 0.5) is 0 Å². The molecule has 2 aromatic rings. The molecule has 1 unspecified atom stereocenters. The minimum absolute atomic E-state index is 0.457. The van der Waals surface area contributed by atoms with Crippen LogP contribution in [0.3, 0.4) is 0 Å². The van der Waals surface area contributed by atoms with Gasteiger partial charge in [0, 0.05) is 10.9 Å². The van der Waals surface area contributed by atoms with Crippen LogP contribution in [0.2, 0.25) is 0 Å². The Kier molecular flexibility index (Phi) is 6.27. The topological polar surface area (TPSA) is 21.3 Å². The number of nitrogens with one attached hydrogen (secondary N) is 1. The molecule has 0 aliphatic carbocycles. The van der Waals surface area contributed by atoms with Crippen LogP contribution < -0.4 is 10.1 Å². The lowest BCUT2D eigenvalue weighted by molar-refractivity contribution is 0.414. The summed E-state index contributed by atoms with van der Waals surface area (Å²) in [5, 5.41) is 5.88. The largest absolute Gasteiger partial charge is 0.497 e. The average molecular weight is 303 g/mol. The van der Waals surface area contributed by atoms with Gasteiger partial charge >= 0.3 is 0 Å². The molecule has 0 aliphatic rings. The second-order valence-electron chi connectivity index (χ2n) is 5.33. The predicted octanol–water partition coefficient (Wildman–Crippen LogP) is 4.74.